The van der Waals surface area contributed by atoms with E-state index in [-0.39, 0.29) is 22.7 Å². The second kappa shape index (κ2) is 5.98. The van der Waals surface area contributed by atoms with Crippen molar-refractivity contribution in [2.24, 2.45) is 5.41 Å². The van der Waals surface area contributed by atoms with Gasteiger partial charge >= 0.3 is 0 Å². The molecular weight excluding hydrogens is 270 g/mol. The number of hydrogen-bond donors (Lipinski definition) is 0. The Morgan fingerprint density at radius 3 is 1.75 bits per heavy atom. The summed E-state index contributed by atoms with van der Waals surface area (Å²) < 4.78 is 20.6. The van der Waals surface area contributed by atoms with Gasteiger partial charge in [-0.05, 0) is 52.8 Å². The minimum atomic E-state index is -2.27. The summed E-state index contributed by atoms with van der Waals surface area (Å²) in [6.07, 6.45) is 1.82. The topological polar surface area (TPSA) is 29.5 Å². The third kappa shape index (κ3) is 6.59. The lowest BCUT2D eigenvalue weighted by atomic mass is 9.89. The van der Waals surface area contributed by atoms with E-state index >= 15 is 0 Å². The highest BCUT2D eigenvalue weighted by Gasteiger charge is 2.35. The van der Waals surface area contributed by atoms with E-state index in [1.165, 1.54) is 0 Å². The summed E-state index contributed by atoms with van der Waals surface area (Å²) in [4.78, 5) is 0. The van der Waals surface area contributed by atoms with Gasteiger partial charge in [0.25, 0.3) is 0 Å². The van der Waals surface area contributed by atoms with Crippen LogP contribution in [0.3, 0.4) is 0 Å². The van der Waals surface area contributed by atoms with Crippen molar-refractivity contribution in [3.8, 4) is 0 Å². The summed E-state index contributed by atoms with van der Waals surface area (Å²) in [5, 5.41) is 0. The van der Waals surface area contributed by atoms with Gasteiger partial charge in [0.05, 0.1) is 11.7 Å². The molecule has 0 fully saturated rings. The van der Waals surface area contributed by atoms with Crippen LogP contribution in [0.4, 0.5) is 0 Å². The molecule has 1 unspecified atom stereocenters. The van der Waals surface area contributed by atoms with Gasteiger partial charge in [0, 0.05) is 28.0 Å². The maximum absolute atomic E-state index is 12.5. The minimum absolute atomic E-state index is 0.0852. The third-order valence-corrected chi connectivity index (χ3v) is 5.06. The molecule has 0 saturated heterocycles. The van der Waals surface area contributed by atoms with E-state index in [1.807, 2.05) is 4.31 Å². The Bertz CT molecular complexity index is 411. The highest BCUT2D eigenvalue weighted by Crippen LogP contribution is 2.29. The number of nitrogens with zero attached hydrogens (tertiary/aromatic N) is 1. The zero-order valence-electron chi connectivity index (χ0n) is 15.2. The molecule has 122 valence electrons. The van der Waals surface area contributed by atoms with Crippen LogP contribution in [0.1, 0.15) is 62.3 Å². The lowest BCUT2D eigenvalue weighted by Crippen LogP contribution is -2.53. The van der Waals surface area contributed by atoms with Gasteiger partial charge in [0.15, 0.2) is 0 Å². The molecule has 0 aliphatic carbocycles. The Labute approximate surface area is 127 Å². The van der Waals surface area contributed by atoms with Crippen molar-refractivity contribution in [3.05, 3.63) is 0 Å². The van der Waals surface area contributed by atoms with Crippen LogP contribution in [0.25, 0.3) is 0 Å². The van der Waals surface area contributed by atoms with Crippen LogP contribution in [-0.2, 0) is 14.4 Å². The zero-order valence-corrected chi connectivity index (χ0v) is 16.0. The Kier molecular flexibility index (Phi) is 5.96. The van der Waals surface area contributed by atoms with Crippen molar-refractivity contribution in [2.75, 3.05) is 12.8 Å². The fourth-order valence-corrected chi connectivity index (χ4v) is 3.73. The largest absolute Gasteiger partial charge is 0.371 e. The second-order valence-corrected chi connectivity index (χ2v) is 10.9. The Morgan fingerprint density at radius 2 is 1.50 bits per heavy atom. The van der Waals surface area contributed by atoms with E-state index in [2.05, 4.69) is 68.2 Å². The SMILES string of the molecule is C=S(C)(=O)N(CC(C)(C)O[C@@H](C)C(C)(C)C)C(C)(C)C. The van der Waals surface area contributed by atoms with Crippen LogP contribution in [-0.4, -0.2) is 44.4 Å². The van der Waals surface area contributed by atoms with Gasteiger partial charge < -0.3 is 4.74 Å². The zero-order chi connectivity index (χ0) is 16.6. The Balaban J connectivity index is 5.15. The predicted octanol–water partition coefficient (Wildman–Crippen LogP) is 3.58. The molecule has 3 nitrogen and oxygen atoms in total. The number of ether oxygens (including phenoxy) is 1. The molecule has 0 aromatic carbocycles. The molecule has 20 heavy (non-hydrogen) atoms. The number of hydrogen-bond acceptors (Lipinski definition) is 2. The molecule has 0 radical (unpaired) electrons. The molecule has 2 atom stereocenters. The highest BCUT2D eigenvalue weighted by atomic mass is 32.2. The molecule has 0 saturated carbocycles. The van der Waals surface area contributed by atoms with Crippen molar-refractivity contribution in [1.29, 1.82) is 0 Å². The van der Waals surface area contributed by atoms with Crippen LogP contribution in [0, 0.1) is 5.41 Å². The molecule has 0 aromatic rings. The molecule has 0 heterocycles. The molecule has 0 rings (SSSR count). The van der Waals surface area contributed by atoms with Crippen LogP contribution < -0.4 is 0 Å². The molecule has 0 aromatic heterocycles. The summed E-state index contributed by atoms with van der Waals surface area (Å²) in [5.74, 6) is 3.85. The van der Waals surface area contributed by atoms with Crippen molar-refractivity contribution in [1.82, 2.24) is 4.31 Å². The molecule has 0 aliphatic heterocycles. The summed E-state index contributed by atoms with van der Waals surface area (Å²) in [6, 6.07) is 0. The smallest absolute Gasteiger partial charge is 0.0767 e. The van der Waals surface area contributed by atoms with Gasteiger partial charge in [-0.1, -0.05) is 20.8 Å². The van der Waals surface area contributed by atoms with Gasteiger partial charge in [-0.3, -0.25) is 4.21 Å². The normalized spacial score (nSPS) is 18.9. The average molecular weight is 306 g/mol. The van der Waals surface area contributed by atoms with Crippen molar-refractivity contribution >= 4 is 15.6 Å². The fraction of sp³-hybridized carbons (Fsp3) is 0.938. The first-order chi connectivity index (χ1) is 8.47. The summed E-state index contributed by atoms with van der Waals surface area (Å²) in [5.41, 5.74) is -0.503. The Hall–Kier alpha value is -0.0600. The first-order valence-electron chi connectivity index (χ1n) is 7.25. The van der Waals surface area contributed by atoms with Gasteiger partial charge in [-0.2, -0.15) is 0 Å². The first kappa shape index (κ1) is 19.9. The second-order valence-electron chi connectivity index (χ2n) is 8.55. The molecule has 0 spiro atoms. The van der Waals surface area contributed by atoms with Crippen molar-refractivity contribution < 1.29 is 8.95 Å². The third-order valence-electron chi connectivity index (χ3n) is 3.45. The quantitative estimate of drug-likeness (QED) is 0.727. The van der Waals surface area contributed by atoms with Crippen LogP contribution in [0.15, 0.2) is 0 Å². The van der Waals surface area contributed by atoms with E-state index in [4.69, 9.17) is 4.74 Å². The molecule has 4 heteroatoms. The van der Waals surface area contributed by atoms with Crippen LogP contribution >= 0.6 is 0 Å². The maximum atomic E-state index is 12.5. The first-order valence-corrected chi connectivity index (χ1v) is 9.34. The van der Waals surface area contributed by atoms with Crippen molar-refractivity contribution in [2.45, 2.75) is 79.6 Å². The maximum Gasteiger partial charge on any atom is 0.0767 e. The fourth-order valence-electron chi connectivity index (χ4n) is 1.99. The summed E-state index contributed by atoms with van der Waals surface area (Å²) in [7, 11) is -2.27. The molecule has 0 aliphatic rings. The van der Waals surface area contributed by atoms with E-state index in [9.17, 15) is 4.21 Å². The highest BCUT2D eigenvalue weighted by molar-refractivity contribution is 7.97. The van der Waals surface area contributed by atoms with Gasteiger partial charge in [0.2, 0.25) is 0 Å². The van der Waals surface area contributed by atoms with Gasteiger partial charge in [-0.25, -0.2) is 4.31 Å². The molecule has 0 bridgehead atoms. The summed E-state index contributed by atoms with van der Waals surface area (Å²) in [6.45, 7) is 19.5. The minimum Gasteiger partial charge on any atom is -0.371 e. The standard InChI is InChI=1S/C16H35NO2S/c1-13(14(2,3)4)19-16(8,9)12-17(15(5,6)7)20(10,11)18/h13H,10,12H2,1-9,11H3/t13-,20?/m0/s1. The molecule has 0 amide bonds. The van der Waals surface area contributed by atoms with Gasteiger partial charge in [-0.15, -0.1) is 0 Å². The average Bonchev–Trinajstić information content (AvgIpc) is 2.08. The molecular formula is C16H35NO2S. The molecule has 0 N–H and O–H groups in total. The van der Waals surface area contributed by atoms with E-state index in [0.29, 0.717) is 6.54 Å². The van der Waals surface area contributed by atoms with E-state index in [1.54, 1.807) is 6.26 Å². The van der Waals surface area contributed by atoms with Gasteiger partial charge in [0.1, 0.15) is 0 Å². The predicted molar refractivity (Wildman–Crippen MR) is 91.7 cm³/mol. The van der Waals surface area contributed by atoms with E-state index < -0.39 is 9.71 Å². The lowest BCUT2D eigenvalue weighted by Gasteiger charge is -2.43. The van der Waals surface area contributed by atoms with E-state index in [0.717, 1.165) is 0 Å². The number of rotatable bonds is 5. The van der Waals surface area contributed by atoms with Crippen LogP contribution in [0.5, 0.6) is 0 Å². The van der Waals surface area contributed by atoms with Crippen LogP contribution in [0.2, 0.25) is 0 Å². The summed E-state index contributed by atoms with van der Waals surface area (Å²) >= 11 is 0. The van der Waals surface area contributed by atoms with Crippen molar-refractivity contribution in [3.63, 3.8) is 0 Å². The lowest BCUT2D eigenvalue weighted by molar-refractivity contribution is -0.113. The monoisotopic (exact) mass is 305 g/mol. The Morgan fingerprint density at radius 1 is 1.10 bits per heavy atom.